The van der Waals surface area contributed by atoms with Gasteiger partial charge < -0.3 is 5.32 Å². The molecular weight excluding hydrogens is 363 g/mol. The lowest BCUT2D eigenvalue weighted by molar-refractivity contribution is 0.505. The van der Waals surface area contributed by atoms with Crippen molar-refractivity contribution in [2.75, 3.05) is 6.54 Å². The maximum absolute atomic E-state index is 6.25. The predicted molar refractivity (Wildman–Crippen MR) is 85.3 cm³/mol. The van der Waals surface area contributed by atoms with Crippen LogP contribution in [0.15, 0.2) is 22.8 Å². The molecule has 0 bridgehead atoms. The maximum Gasteiger partial charge on any atom is 0.153 e. The molecule has 1 unspecified atom stereocenters. The molecule has 7 heteroatoms. The molecule has 1 atom stereocenters. The molecule has 0 fully saturated rings. The van der Waals surface area contributed by atoms with E-state index in [2.05, 4.69) is 38.5 Å². The highest BCUT2D eigenvalue weighted by Gasteiger charge is 2.21. The lowest BCUT2D eigenvalue weighted by Crippen LogP contribution is -2.25. The first-order valence-electron chi connectivity index (χ1n) is 6.26. The van der Waals surface area contributed by atoms with E-state index in [1.54, 1.807) is 4.68 Å². The van der Waals surface area contributed by atoms with Crippen LogP contribution < -0.4 is 5.32 Å². The highest BCUT2D eigenvalue weighted by Crippen LogP contribution is 2.31. The van der Waals surface area contributed by atoms with Gasteiger partial charge in [0, 0.05) is 17.1 Å². The van der Waals surface area contributed by atoms with Crippen molar-refractivity contribution in [3.8, 4) is 0 Å². The summed E-state index contributed by atoms with van der Waals surface area (Å²) in [6, 6.07) is 5.58. The summed E-state index contributed by atoms with van der Waals surface area (Å²) >= 11 is 15.9. The van der Waals surface area contributed by atoms with Crippen molar-refractivity contribution in [1.29, 1.82) is 0 Å². The summed E-state index contributed by atoms with van der Waals surface area (Å²) in [6.45, 7) is 2.88. The minimum atomic E-state index is 0.0341. The highest BCUT2D eigenvalue weighted by molar-refractivity contribution is 9.10. The summed E-state index contributed by atoms with van der Waals surface area (Å²) in [5, 5.41) is 12.8. The van der Waals surface area contributed by atoms with E-state index in [1.807, 2.05) is 25.2 Å². The van der Waals surface area contributed by atoms with Gasteiger partial charge in [-0.25, -0.2) is 4.68 Å². The van der Waals surface area contributed by atoms with Crippen LogP contribution in [0, 0.1) is 0 Å². The van der Waals surface area contributed by atoms with Gasteiger partial charge in [-0.05, 0) is 46.6 Å². The van der Waals surface area contributed by atoms with Gasteiger partial charge in [0.15, 0.2) is 4.60 Å². The van der Waals surface area contributed by atoms with Gasteiger partial charge in [-0.1, -0.05) is 41.4 Å². The number of aromatic nitrogens is 3. The average molecular weight is 378 g/mol. The molecule has 1 N–H and O–H groups in total. The monoisotopic (exact) mass is 376 g/mol. The summed E-state index contributed by atoms with van der Waals surface area (Å²) in [4.78, 5) is 0. The Balaban J connectivity index is 2.36. The summed E-state index contributed by atoms with van der Waals surface area (Å²) in [5.41, 5.74) is 1.90. The second-order valence-corrected chi connectivity index (χ2v) is 5.97. The van der Waals surface area contributed by atoms with Crippen molar-refractivity contribution in [1.82, 2.24) is 20.3 Å². The fourth-order valence-corrected chi connectivity index (χ4v) is 3.31. The summed E-state index contributed by atoms with van der Waals surface area (Å²) < 4.78 is 2.48. The molecule has 1 aromatic carbocycles. The molecule has 0 saturated heterocycles. The van der Waals surface area contributed by atoms with E-state index in [0.29, 0.717) is 16.5 Å². The van der Waals surface area contributed by atoms with Crippen LogP contribution in [-0.4, -0.2) is 21.5 Å². The van der Waals surface area contributed by atoms with Crippen LogP contribution in [0.2, 0.25) is 10.0 Å². The van der Waals surface area contributed by atoms with Crippen LogP contribution in [-0.2, 0) is 13.5 Å². The Morgan fingerprint density at radius 1 is 1.35 bits per heavy atom. The van der Waals surface area contributed by atoms with Crippen LogP contribution >= 0.6 is 39.1 Å². The number of nitrogens with one attached hydrogen (secondary N) is 1. The van der Waals surface area contributed by atoms with Gasteiger partial charge in [0.05, 0.1) is 11.7 Å². The quantitative estimate of drug-likeness (QED) is 0.862. The molecule has 0 aliphatic carbocycles. The number of halogens is 3. The van der Waals surface area contributed by atoms with E-state index in [-0.39, 0.29) is 6.04 Å². The van der Waals surface area contributed by atoms with Crippen molar-refractivity contribution in [3.63, 3.8) is 0 Å². The second kappa shape index (κ2) is 6.89. The first-order chi connectivity index (χ1) is 9.54. The fraction of sp³-hybridized carbons (Fsp3) is 0.385. The van der Waals surface area contributed by atoms with E-state index in [1.165, 1.54) is 0 Å². The van der Waals surface area contributed by atoms with E-state index in [0.717, 1.165) is 22.4 Å². The maximum atomic E-state index is 6.25. The van der Waals surface area contributed by atoms with Crippen molar-refractivity contribution in [2.24, 2.45) is 7.05 Å². The van der Waals surface area contributed by atoms with Gasteiger partial charge in [0.2, 0.25) is 0 Å². The fourth-order valence-electron chi connectivity index (χ4n) is 2.15. The molecule has 20 heavy (non-hydrogen) atoms. The molecule has 1 heterocycles. The standard InChI is InChI=1S/C13H15BrCl2N4/c1-3-17-11(12-13(14)18-19-20(12)2)7-8-9(15)5-4-6-10(8)16/h4-6,11,17H,3,7H2,1-2H3. The van der Waals surface area contributed by atoms with Gasteiger partial charge in [0.25, 0.3) is 0 Å². The number of benzene rings is 1. The molecule has 0 radical (unpaired) electrons. The van der Waals surface area contributed by atoms with Gasteiger partial charge in [-0.2, -0.15) is 0 Å². The Labute approximate surface area is 136 Å². The molecule has 2 rings (SSSR count). The Morgan fingerprint density at radius 2 is 2.00 bits per heavy atom. The molecule has 1 aromatic heterocycles. The third-order valence-corrected chi connectivity index (χ3v) is 4.35. The van der Waals surface area contributed by atoms with E-state index in [9.17, 15) is 0 Å². The summed E-state index contributed by atoms with van der Waals surface area (Å²) in [6.07, 6.45) is 0.673. The Hall–Kier alpha value is -0.620. The zero-order valence-corrected chi connectivity index (χ0v) is 14.3. The molecule has 0 aliphatic rings. The molecule has 2 aromatic rings. The number of likely N-dealkylation sites (N-methyl/N-ethyl adjacent to an activating group) is 1. The Morgan fingerprint density at radius 3 is 2.50 bits per heavy atom. The van der Waals surface area contributed by atoms with Gasteiger partial charge in [0.1, 0.15) is 0 Å². The smallest absolute Gasteiger partial charge is 0.153 e. The summed E-state index contributed by atoms with van der Waals surface area (Å²) in [7, 11) is 1.87. The SMILES string of the molecule is CCNC(Cc1c(Cl)cccc1Cl)c1c(Br)nnn1C. The molecule has 4 nitrogen and oxygen atoms in total. The van der Waals surface area contributed by atoms with Crippen molar-refractivity contribution < 1.29 is 0 Å². The third kappa shape index (κ3) is 3.34. The van der Waals surface area contributed by atoms with E-state index < -0.39 is 0 Å². The number of nitrogens with zero attached hydrogens (tertiary/aromatic N) is 3. The van der Waals surface area contributed by atoms with E-state index in [4.69, 9.17) is 23.2 Å². The highest BCUT2D eigenvalue weighted by atomic mass is 79.9. The van der Waals surface area contributed by atoms with Crippen molar-refractivity contribution in [3.05, 3.63) is 44.1 Å². The van der Waals surface area contributed by atoms with Gasteiger partial charge in [-0.3, -0.25) is 0 Å². The minimum Gasteiger partial charge on any atom is -0.309 e. The number of aryl methyl sites for hydroxylation is 1. The Bertz CT molecular complexity index is 560. The molecule has 0 amide bonds. The lowest BCUT2D eigenvalue weighted by atomic mass is 10.0. The third-order valence-electron chi connectivity index (χ3n) is 3.08. The van der Waals surface area contributed by atoms with E-state index >= 15 is 0 Å². The number of hydrogen-bond donors (Lipinski definition) is 1. The molecule has 108 valence electrons. The topological polar surface area (TPSA) is 42.7 Å². The van der Waals surface area contributed by atoms with Gasteiger partial charge >= 0.3 is 0 Å². The molecule has 0 spiro atoms. The van der Waals surface area contributed by atoms with Crippen LogP contribution in [0.3, 0.4) is 0 Å². The zero-order valence-electron chi connectivity index (χ0n) is 11.2. The van der Waals surface area contributed by atoms with Crippen molar-refractivity contribution in [2.45, 2.75) is 19.4 Å². The van der Waals surface area contributed by atoms with Crippen LogP contribution in [0.5, 0.6) is 0 Å². The normalized spacial score (nSPS) is 12.7. The first-order valence-corrected chi connectivity index (χ1v) is 7.80. The number of hydrogen-bond acceptors (Lipinski definition) is 3. The predicted octanol–water partition coefficient (Wildman–Crippen LogP) is 3.78. The molecule has 0 aliphatic heterocycles. The number of rotatable bonds is 5. The van der Waals surface area contributed by atoms with Gasteiger partial charge in [-0.15, -0.1) is 5.10 Å². The van der Waals surface area contributed by atoms with Crippen LogP contribution in [0.4, 0.5) is 0 Å². The van der Waals surface area contributed by atoms with Crippen LogP contribution in [0.1, 0.15) is 24.2 Å². The Kier molecular flexibility index (Phi) is 5.43. The molecule has 0 saturated carbocycles. The zero-order chi connectivity index (χ0) is 14.7. The first kappa shape index (κ1) is 15.8. The summed E-state index contributed by atoms with van der Waals surface area (Å²) in [5.74, 6) is 0. The lowest BCUT2D eigenvalue weighted by Gasteiger charge is -2.19. The minimum absolute atomic E-state index is 0.0341. The molecular formula is C13H15BrCl2N4. The largest absolute Gasteiger partial charge is 0.309 e. The average Bonchev–Trinajstić information content (AvgIpc) is 2.73. The van der Waals surface area contributed by atoms with Crippen molar-refractivity contribution >= 4 is 39.1 Å². The second-order valence-electron chi connectivity index (χ2n) is 4.40. The van der Waals surface area contributed by atoms with Crippen LogP contribution in [0.25, 0.3) is 0 Å².